The molecule has 0 spiro atoms. The summed E-state index contributed by atoms with van der Waals surface area (Å²) in [5.41, 5.74) is 1.57. The number of piperidine rings is 1. The van der Waals surface area contributed by atoms with Gasteiger partial charge in [0.25, 0.3) is 0 Å². The van der Waals surface area contributed by atoms with Crippen LogP contribution in [0.5, 0.6) is 0 Å². The maximum Gasteiger partial charge on any atom is 0.0665 e. The minimum Gasteiger partial charge on any atom is -0.316 e. The summed E-state index contributed by atoms with van der Waals surface area (Å²) < 4.78 is 0. The highest BCUT2D eigenvalue weighted by molar-refractivity contribution is 5.21. The van der Waals surface area contributed by atoms with Gasteiger partial charge >= 0.3 is 0 Å². The Morgan fingerprint density at radius 3 is 2.94 bits per heavy atom. The van der Waals surface area contributed by atoms with Gasteiger partial charge in [0.15, 0.2) is 0 Å². The second-order valence-electron chi connectivity index (χ2n) is 5.56. The van der Waals surface area contributed by atoms with Gasteiger partial charge in [0.05, 0.1) is 12.0 Å². The van der Waals surface area contributed by atoms with Crippen molar-refractivity contribution in [2.45, 2.75) is 19.3 Å². The summed E-state index contributed by atoms with van der Waals surface area (Å²) in [6.07, 6.45) is 3.48. The van der Waals surface area contributed by atoms with Gasteiger partial charge in [-0.1, -0.05) is 30.3 Å². The molecule has 0 aromatic heterocycles. The first-order valence-corrected chi connectivity index (χ1v) is 6.48. The van der Waals surface area contributed by atoms with Gasteiger partial charge in [0.2, 0.25) is 0 Å². The highest BCUT2D eigenvalue weighted by Crippen LogP contribution is 2.50. The first-order valence-electron chi connectivity index (χ1n) is 6.48. The number of rotatable bonds is 2. The van der Waals surface area contributed by atoms with E-state index in [-0.39, 0.29) is 11.3 Å². The van der Waals surface area contributed by atoms with Crippen LogP contribution >= 0.6 is 0 Å². The summed E-state index contributed by atoms with van der Waals surface area (Å²) in [5, 5.41) is 13.0. The second kappa shape index (κ2) is 4.16. The largest absolute Gasteiger partial charge is 0.316 e. The number of hydrogen-bond acceptors (Lipinski definition) is 2. The minimum atomic E-state index is 0.193. The van der Waals surface area contributed by atoms with Crippen LogP contribution in [0.1, 0.15) is 18.4 Å². The van der Waals surface area contributed by atoms with Crippen molar-refractivity contribution in [2.24, 2.45) is 17.3 Å². The smallest absolute Gasteiger partial charge is 0.0665 e. The molecule has 2 bridgehead atoms. The quantitative estimate of drug-likeness (QED) is 0.840. The van der Waals surface area contributed by atoms with Crippen molar-refractivity contribution < 1.29 is 0 Å². The van der Waals surface area contributed by atoms with Gasteiger partial charge in [-0.3, -0.25) is 0 Å². The molecule has 1 aromatic carbocycles. The Morgan fingerprint density at radius 2 is 2.18 bits per heavy atom. The van der Waals surface area contributed by atoms with E-state index in [1.807, 2.05) is 0 Å². The lowest BCUT2D eigenvalue weighted by Gasteiger charge is -2.38. The summed E-state index contributed by atoms with van der Waals surface area (Å²) >= 11 is 0. The first kappa shape index (κ1) is 10.8. The summed E-state index contributed by atoms with van der Waals surface area (Å²) in [7, 11) is 0. The van der Waals surface area contributed by atoms with Crippen molar-refractivity contribution in [3.05, 3.63) is 35.9 Å². The van der Waals surface area contributed by atoms with E-state index < -0.39 is 0 Å². The fraction of sp³-hybridized carbons (Fsp3) is 0.533. The molecule has 1 saturated heterocycles. The van der Waals surface area contributed by atoms with E-state index in [1.165, 1.54) is 18.4 Å². The van der Waals surface area contributed by atoms with Gasteiger partial charge in [0, 0.05) is 12.0 Å². The zero-order chi connectivity index (χ0) is 11.7. The van der Waals surface area contributed by atoms with Gasteiger partial charge in [-0.25, -0.2) is 0 Å². The van der Waals surface area contributed by atoms with Crippen molar-refractivity contribution >= 4 is 0 Å². The molecule has 0 radical (unpaired) electrons. The maximum absolute atomic E-state index is 9.44. The van der Waals surface area contributed by atoms with Crippen molar-refractivity contribution in [3.8, 4) is 6.07 Å². The van der Waals surface area contributed by atoms with Gasteiger partial charge in [-0.15, -0.1) is 0 Å². The zero-order valence-corrected chi connectivity index (χ0v) is 10.0. The van der Waals surface area contributed by atoms with Crippen molar-refractivity contribution in [1.29, 1.82) is 5.26 Å². The lowest BCUT2D eigenvalue weighted by atomic mass is 9.70. The minimum absolute atomic E-state index is 0.193. The van der Waals surface area contributed by atoms with Crippen LogP contribution in [0.15, 0.2) is 30.3 Å². The predicted octanol–water partition coefficient (Wildman–Crippen LogP) is 2.37. The number of nitriles is 1. The Bertz CT molecular complexity index is 430. The molecule has 2 nitrogen and oxygen atoms in total. The summed E-state index contributed by atoms with van der Waals surface area (Å²) in [4.78, 5) is 0. The van der Waals surface area contributed by atoms with Crippen LogP contribution in [0.3, 0.4) is 0 Å². The monoisotopic (exact) mass is 226 g/mol. The Kier molecular flexibility index (Phi) is 2.64. The summed E-state index contributed by atoms with van der Waals surface area (Å²) in [6.45, 7) is 2.05. The van der Waals surface area contributed by atoms with Crippen LogP contribution in [0, 0.1) is 28.6 Å². The molecule has 1 saturated carbocycles. The van der Waals surface area contributed by atoms with Crippen LogP contribution < -0.4 is 5.32 Å². The lowest BCUT2D eigenvalue weighted by molar-refractivity contribution is 0.169. The molecule has 17 heavy (non-hydrogen) atoms. The Balaban J connectivity index is 1.88. The molecule has 3 rings (SSSR count). The standard InChI is InChI=1S/C15H18N2/c16-9-14-13-6-7-15(14,11-17-10-13)8-12-4-2-1-3-5-12/h1-5,13-14,17H,6-8,10-11H2. The van der Waals surface area contributed by atoms with E-state index in [9.17, 15) is 5.26 Å². The highest BCUT2D eigenvalue weighted by atomic mass is 14.9. The topological polar surface area (TPSA) is 35.8 Å². The molecule has 2 aliphatic rings. The lowest BCUT2D eigenvalue weighted by Crippen LogP contribution is -2.47. The molecule has 1 aliphatic carbocycles. The number of benzene rings is 1. The molecule has 2 heteroatoms. The van der Waals surface area contributed by atoms with E-state index in [0.29, 0.717) is 5.92 Å². The molecular formula is C15H18N2. The Labute approximate surface area is 103 Å². The van der Waals surface area contributed by atoms with E-state index in [1.54, 1.807) is 0 Å². The molecule has 3 unspecified atom stereocenters. The second-order valence-corrected chi connectivity index (χ2v) is 5.56. The van der Waals surface area contributed by atoms with Crippen LogP contribution in [0.2, 0.25) is 0 Å². The molecule has 1 aliphatic heterocycles. The summed E-state index contributed by atoms with van der Waals surface area (Å²) in [5.74, 6) is 0.835. The van der Waals surface area contributed by atoms with Crippen molar-refractivity contribution in [3.63, 3.8) is 0 Å². The van der Waals surface area contributed by atoms with Crippen molar-refractivity contribution in [1.82, 2.24) is 5.32 Å². The maximum atomic E-state index is 9.44. The van der Waals surface area contributed by atoms with Gasteiger partial charge in [-0.05, 0) is 37.3 Å². The molecule has 3 atom stereocenters. The van der Waals surface area contributed by atoms with E-state index in [4.69, 9.17) is 0 Å². The molecule has 1 N–H and O–H groups in total. The predicted molar refractivity (Wildman–Crippen MR) is 67.3 cm³/mol. The molecule has 2 fully saturated rings. The number of hydrogen-bond donors (Lipinski definition) is 1. The normalized spacial score (nSPS) is 35.5. The fourth-order valence-electron chi connectivity index (χ4n) is 3.73. The Morgan fingerprint density at radius 1 is 1.35 bits per heavy atom. The molecule has 88 valence electrons. The zero-order valence-electron chi connectivity index (χ0n) is 10.0. The van der Waals surface area contributed by atoms with Crippen LogP contribution in [0.25, 0.3) is 0 Å². The molecule has 1 heterocycles. The fourth-order valence-corrected chi connectivity index (χ4v) is 3.73. The SMILES string of the molecule is N#CC1C2CCC1(Cc1ccccc1)CNC2. The average molecular weight is 226 g/mol. The third-order valence-corrected chi connectivity index (χ3v) is 4.57. The first-order chi connectivity index (χ1) is 8.34. The van der Waals surface area contributed by atoms with Crippen LogP contribution in [-0.4, -0.2) is 13.1 Å². The van der Waals surface area contributed by atoms with E-state index in [2.05, 4.69) is 41.7 Å². The molecule has 0 amide bonds. The van der Waals surface area contributed by atoms with Gasteiger partial charge < -0.3 is 5.32 Å². The van der Waals surface area contributed by atoms with E-state index in [0.717, 1.165) is 19.5 Å². The summed E-state index contributed by atoms with van der Waals surface area (Å²) in [6, 6.07) is 13.2. The van der Waals surface area contributed by atoms with Crippen LogP contribution in [0.4, 0.5) is 0 Å². The molecule has 1 aromatic rings. The Hall–Kier alpha value is -1.33. The van der Waals surface area contributed by atoms with E-state index >= 15 is 0 Å². The number of nitrogens with zero attached hydrogens (tertiary/aromatic N) is 1. The highest BCUT2D eigenvalue weighted by Gasteiger charge is 2.50. The third-order valence-electron chi connectivity index (χ3n) is 4.57. The number of fused-ring (bicyclic) bond motifs is 2. The van der Waals surface area contributed by atoms with Crippen LogP contribution in [-0.2, 0) is 6.42 Å². The third kappa shape index (κ3) is 1.75. The van der Waals surface area contributed by atoms with Crippen molar-refractivity contribution in [2.75, 3.05) is 13.1 Å². The number of nitrogens with one attached hydrogen (secondary N) is 1. The van der Waals surface area contributed by atoms with Gasteiger partial charge in [-0.2, -0.15) is 5.26 Å². The average Bonchev–Trinajstić information content (AvgIpc) is 2.55. The molecular weight excluding hydrogens is 208 g/mol. The van der Waals surface area contributed by atoms with Gasteiger partial charge in [0.1, 0.15) is 0 Å².